The largest absolute Gasteiger partial charge is 0.361 e. The van der Waals surface area contributed by atoms with Crippen LogP contribution < -0.4 is 15.5 Å². The van der Waals surface area contributed by atoms with Crippen molar-refractivity contribution >= 4 is 22.9 Å². The molecular weight excluding hydrogens is 442 g/mol. The minimum atomic E-state index is 0.452. The van der Waals surface area contributed by atoms with E-state index in [1.807, 2.05) is 0 Å². The van der Waals surface area contributed by atoms with Gasteiger partial charge in [0.2, 0.25) is 5.95 Å². The van der Waals surface area contributed by atoms with Crippen LogP contribution in [0.1, 0.15) is 76.5 Å². The third-order valence-electron chi connectivity index (χ3n) is 7.28. The molecule has 1 aliphatic carbocycles. The van der Waals surface area contributed by atoms with Crippen LogP contribution in [0.25, 0.3) is 11.2 Å². The number of aromatic amines is 1. The van der Waals surface area contributed by atoms with Crippen molar-refractivity contribution < 1.29 is 0 Å². The first-order chi connectivity index (χ1) is 17.3. The number of tetrazole rings is 1. The molecule has 0 aromatic carbocycles. The maximum atomic E-state index is 4.76. The number of aryl methyl sites for hydroxylation is 1. The summed E-state index contributed by atoms with van der Waals surface area (Å²) >= 11 is 0. The number of H-pyrrole nitrogens is 1. The molecule has 0 bridgehead atoms. The number of fused-ring (bicyclic) bond motifs is 1. The van der Waals surface area contributed by atoms with E-state index >= 15 is 0 Å². The smallest absolute Gasteiger partial charge is 0.229 e. The highest BCUT2D eigenvalue weighted by Gasteiger charge is 2.18. The molecule has 190 valence electrons. The van der Waals surface area contributed by atoms with E-state index in [4.69, 9.17) is 4.98 Å². The van der Waals surface area contributed by atoms with Gasteiger partial charge in [-0.25, -0.2) is 4.98 Å². The van der Waals surface area contributed by atoms with E-state index in [1.165, 1.54) is 64.2 Å². The third-order valence-corrected chi connectivity index (χ3v) is 7.28. The van der Waals surface area contributed by atoms with Crippen molar-refractivity contribution in [3.05, 3.63) is 12.2 Å². The van der Waals surface area contributed by atoms with Gasteiger partial charge in [-0.1, -0.05) is 64.2 Å². The van der Waals surface area contributed by atoms with Crippen molar-refractivity contribution in [1.29, 1.82) is 0 Å². The van der Waals surface area contributed by atoms with Crippen molar-refractivity contribution in [1.82, 2.24) is 45.5 Å². The van der Waals surface area contributed by atoms with E-state index in [0.717, 1.165) is 50.6 Å². The molecular formula is C24H39N11. The van der Waals surface area contributed by atoms with Gasteiger partial charge in [-0.15, -0.1) is 10.2 Å². The van der Waals surface area contributed by atoms with Gasteiger partial charge in [-0.05, 0) is 17.6 Å². The van der Waals surface area contributed by atoms with Crippen LogP contribution in [-0.2, 0) is 13.1 Å². The Morgan fingerprint density at radius 1 is 0.971 bits per heavy atom. The molecule has 3 aromatic heterocycles. The molecule has 2 aliphatic rings. The fourth-order valence-corrected chi connectivity index (χ4v) is 5.25. The van der Waals surface area contributed by atoms with Crippen molar-refractivity contribution in [3.8, 4) is 0 Å². The SMILES string of the molecule is c1nc2nc(N3CCNCC3)nc(NCc3nnn(CCCCCCCC4CCCCC4)n3)c2[nH]1. The molecule has 2 fully saturated rings. The van der Waals surface area contributed by atoms with Crippen LogP contribution in [0.15, 0.2) is 6.33 Å². The summed E-state index contributed by atoms with van der Waals surface area (Å²) in [5.74, 6) is 3.08. The number of nitrogens with zero attached hydrogens (tertiary/aromatic N) is 8. The molecule has 4 heterocycles. The van der Waals surface area contributed by atoms with Crippen LogP contribution >= 0.6 is 0 Å². The minimum absolute atomic E-state index is 0.452. The van der Waals surface area contributed by atoms with Gasteiger partial charge in [-0.2, -0.15) is 14.8 Å². The summed E-state index contributed by atoms with van der Waals surface area (Å²) in [7, 11) is 0. The molecule has 0 amide bonds. The molecule has 0 unspecified atom stereocenters. The van der Waals surface area contributed by atoms with Crippen LogP contribution in [0.3, 0.4) is 0 Å². The predicted octanol–water partition coefficient (Wildman–Crippen LogP) is 3.28. The summed E-state index contributed by atoms with van der Waals surface area (Å²) in [6.45, 7) is 4.89. The molecule has 35 heavy (non-hydrogen) atoms. The zero-order valence-electron chi connectivity index (χ0n) is 20.8. The molecule has 0 radical (unpaired) electrons. The Morgan fingerprint density at radius 2 is 1.80 bits per heavy atom. The number of nitrogens with one attached hydrogen (secondary N) is 3. The molecule has 11 heteroatoms. The van der Waals surface area contributed by atoms with Crippen molar-refractivity contribution in [2.24, 2.45) is 5.92 Å². The quantitative estimate of drug-likeness (QED) is 0.334. The molecule has 1 saturated carbocycles. The molecule has 1 aliphatic heterocycles. The highest BCUT2D eigenvalue weighted by Crippen LogP contribution is 2.28. The molecule has 11 nitrogen and oxygen atoms in total. The first kappa shape index (κ1) is 23.9. The van der Waals surface area contributed by atoms with Crippen LogP contribution in [0, 0.1) is 5.92 Å². The lowest BCUT2D eigenvalue weighted by atomic mass is 9.85. The fraction of sp³-hybridized carbons (Fsp3) is 0.750. The lowest BCUT2D eigenvalue weighted by molar-refractivity contribution is 0.327. The Bertz CT molecular complexity index is 1030. The van der Waals surface area contributed by atoms with Crippen LogP contribution in [0.2, 0.25) is 0 Å². The third kappa shape index (κ3) is 6.65. The Kier molecular flexibility index (Phi) is 8.35. The van der Waals surface area contributed by atoms with E-state index in [0.29, 0.717) is 29.8 Å². The van der Waals surface area contributed by atoms with E-state index in [-0.39, 0.29) is 0 Å². The minimum Gasteiger partial charge on any atom is -0.361 e. The van der Waals surface area contributed by atoms with Gasteiger partial charge in [0.1, 0.15) is 5.52 Å². The number of unbranched alkanes of at least 4 members (excludes halogenated alkanes) is 4. The van der Waals surface area contributed by atoms with Crippen molar-refractivity contribution in [3.63, 3.8) is 0 Å². The van der Waals surface area contributed by atoms with Gasteiger partial charge in [0.25, 0.3) is 0 Å². The molecule has 3 N–H and O–H groups in total. The maximum absolute atomic E-state index is 4.76. The van der Waals surface area contributed by atoms with Crippen LogP contribution in [0.4, 0.5) is 11.8 Å². The standard InChI is InChI=1S/C24H39N11/c1(2-5-9-19-10-6-4-7-11-19)3-8-14-35-32-20(31-33-35)17-26-22-21-23(28-18-27-21)30-24(29-22)34-15-12-25-13-16-34/h18-19,25H,1-17H2,(H2,26,27,28,29,30). The molecule has 3 aromatic rings. The number of hydrogen-bond acceptors (Lipinski definition) is 9. The van der Waals surface area contributed by atoms with Gasteiger partial charge in [0.15, 0.2) is 17.3 Å². The van der Waals surface area contributed by atoms with Crippen LogP contribution in [0.5, 0.6) is 0 Å². The van der Waals surface area contributed by atoms with E-state index in [2.05, 4.69) is 45.9 Å². The molecule has 0 spiro atoms. The van der Waals surface area contributed by atoms with Gasteiger partial charge in [0, 0.05) is 26.2 Å². The second kappa shape index (κ2) is 12.2. The Hall–Kier alpha value is -2.82. The first-order valence-corrected chi connectivity index (χ1v) is 13.5. The maximum Gasteiger partial charge on any atom is 0.229 e. The van der Waals surface area contributed by atoms with E-state index < -0.39 is 0 Å². The second-order valence-electron chi connectivity index (χ2n) is 9.93. The Labute approximate surface area is 206 Å². The van der Waals surface area contributed by atoms with Gasteiger partial charge in [0.05, 0.1) is 19.4 Å². The summed E-state index contributed by atoms with van der Waals surface area (Å²) in [6.07, 6.45) is 16.8. The van der Waals surface area contributed by atoms with E-state index in [9.17, 15) is 0 Å². The number of hydrogen-bond donors (Lipinski definition) is 3. The van der Waals surface area contributed by atoms with E-state index in [1.54, 1.807) is 11.1 Å². The first-order valence-electron chi connectivity index (χ1n) is 13.5. The Balaban J connectivity index is 1.05. The second-order valence-corrected chi connectivity index (χ2v) is 9.93. The number of aromatic nitrogens is 8. The number of rotatable bonds is 12. The lowest BCUT2D eigenvalue weighted by Gasteiger charge is -2.27. The summed E-state index contributed by atoms with van der Waals surface area (Å²) < 4.78 is 0. The summed E-state index contributed by atoms with van der Waals surface area (Å²) in [6, 6.07) is 0. The topological polar surface area (TPSA) is 125 Å². The Morgan fingerprint density at radius 3 is 2.69 bits per heavy atom. The highest BCUT2D eigenvalue weighted by molar-refractivity contribution is 5.83. The van der Waals surface area contributed by atoms with Crippen molar-refractivity contribution in [2.75, 3.05) is 36.4 Å². The average molecular weight is 482 g/mol. The fourth-order valence-electron chi connectivity index (χ4n) is 5.25. The molecule has 1 saturated heterocycles. The van der Waals surface area contributed by atoms with Crippen molar-refractivity contribution in [2.45, 2.75) is 83.7 Å². The number of imidazole rings is 1. The number of anilines is 2. The summed E-state index contributed by atoms with van der Waals surface area (Å²) in [4.78, 5) is 20.8. The summed E-state index contributed by atoms with van der Waals surface area (Å²) in [5.41, 5.74) is 1.45. The monoisotopic (exact) mass is 481 g/mol. The predicted molar refractivity (Wildman–Crippen MR) is 136 cm³/mol. The van der Waals surface area contributed by atoms with Crippen LogP contribution in [-0.4, -0.2) is 66.3 Å². The van der Waals surface area contributed by atoms with Gasteiger partial charge < -0.3 is 20.5 Å². The summed E-state index contributed by atoms with van der Waals surface area (Å²) in [5, 5.41) is 19.7. The number of piperazine rings is 1. The molecule has 5 rings (SSSR count). The van der Waals surface area contributed by atoms with Gasteiger partial charge >= 0.3 is 0 Å². The normalized spacial score (nSPS) is 17.3. The van der Waals surface area contributed by atoms with Gasteiger partial charge in [-0.3, -0.25) is 0 Å². The zero-order chi connectivity index (χ0) is 23.7. The zero-order valence-corrected chi connectivity index (χ0v) is 20.8. The lowest BCUT2D eigenvalue weighted by Crippen LogP contribution is -2.44. The highest BCUT2D eigenvalue weighted by atomic mass is 15.6. The molecule has 0 atom stereocenters. The average Bonchev–Trinajstić information content (AvgIpc) is 3.57.